The zero-order chi connectivity index (χ0) is 27.6. The van der Waals surface area contributed by atoms with E-state index in [-0.39, 0.29) is 18.0 Å². The Morgan fingerprint density at radius 3 is 2.46 bits per heavy atom. The van der Waals surface area contributed by atoms with Gasteiger partial charge in [0.25, 0.3) is 5.92 Å². The quantitative estimate of drug-likeness (QED) is 0.233. The number of imidazole rings is 1. The lowest BCUT2D eigenvalue weighted by Crippen LogP contribution is -2.17. The Hall–Kier alpha value is -3.61. The van der Waals surface area contributed by atoms with E-state index in [0.29, 0.717) is 35.1 Å². The zero-order valence-electron chi connectivity index (χ0n) is 22.8. The van der Waals surface area contributed by atoms with Crippen molar-refractivity contribution in [1.82, 2.24) is 15.0 Å². The second kappa shape index (κ2) is 11.2. The third-order valence-corrected chi connectivity index (χ3v) is 8.18. The Morgan fingerprint density at radius 2 is 1.79 bits per heavy atom. The number of rotatable bonds is 8. The van der Waals surface area contributed by atoms with Crippen LogP contribution in [0.15, 0.2) is 54.7 Å². The lowest BCUT2D eigenvalue weighted by molar-refractivity contribution is -0.142. The smallest absolute Gasteiger partial charge is 0.305 e. The number of nitrogens with zero attached hydrogens (tertiary/aromatic N) is 2. The number of carbonyl (C=O) groups is 1. The fraction of sp³-hybridized carbons (Fsp3) is 0.406. The minimum absolute atomic E-state index is 0.00502. The first kappa shape index (κ1) is 27.0. The van der Waals surface area contributed by atoms with E-state index in [1.807, 2.05) is 6.20 Å². The van der Waals surface area contributed by atoms with Gasteiger partial charge in [0.15, 0.2) is 0 Å². The third kappa shape index (κ3) is 5.72. The van der Waals surface area contributed by atoms with Crippen molar-refractivity contribution < 1.29 is 18.3 Å². The van der Waals surface area contributed by atoms with E-state index in [4.69, 9.17) is 9.72 Å². The van der Waals surface area contributed by atoms with Crippen LogP contribution < -0.4 is 0 Å². The molecule has 5 rings (SSSR count). The molecule has 0 unspecified atom stereocenters. The number of benzene rings is 2. The molecule has 0 aliphatic heterocycles. The van der Waals surface area contributed by atoms with Gasteiger partial charge in [-0.1, -0.05) is 44.2 Å². The zero-order valence-corrected chi connectivity index (χ0v) is 22.8. The van der Waals surface area contributed by atoms with Gasteiger partial charge in [0.05, 0.1) is 23.8 Å². The number of carbonyl (C=O) groups excluding carboxylic acids is 1. The number of esters is 1. The van der Waals surface area contributed by atoms with E-state index in [1.54, 1.807) is 6.07 Å². The molecule has 1 fully saturated rings. The summed E-state index contributed by atoms with van der Waals surface area (Å²) >= 11 is 0. The fourth-order valence-corrected chi connectivity index (χ4v) is 5.67. The summed E-state index contributed by atoms with van der Waals surface area (Å²) in [6.07, 6.45) is 7.16. The van der Waals surface area contributed by atoms with Crippen molar-refractivity contribution in [2.45, 2.75) is 70.6 Å². The normalized spacial score (nSPS) is 17.9. The van der Waals surface area contributed by atoms with Crippen LogP contribution in [0, 0.1) is 5.92 Å². The summed E-state index contributed by atoms with van der Waals surface area (Å²) in [4.78, 5) is 24.2. The molecule has 2 aromatic heterocycles. The van der Waals surface area contributed by atoms with Crippen LogP contribution >= 0.6 is 0 Å². The van der Waals surface area contributed by atoms with Crippen LogP contribution in [-0.4, -0.2) is 28.0 Å². The Kier molecular flexibility index (Phi) is 7.78. The monoisotopic (exact) mass is 531 g/mol. The van der Waals surface area contributed by atoms with E-state index in [0.717, 1.165) is 54.5 Å². The maximum absolute atomic E-state index is 14.2. The van der Waals surface area contributed by atoms with Crippen molar-refractivity contribution in [3.8, 4) is 22.6 Å². The van der Waals surface area contributed by atoms with Gasteiger partial charge in [-0.15, -0.1) is 0 Å². The summed E-state index contributed by atoms with van der Waals surface area (Å²) in [7, 11) is 1.45. The average molecular weight is 532 g/mol. The Balaban J connectivity index is 1.33. The highest BCUT2D eigenvalue weighted by Crippen LogP contribution is 2.38. The number of aryl methyl sites for hydroxylation is 1. The van der Waals surface area contributed by atoms with Crippen molar-refractivity contribution in [2.75, 3.05) is 7.11 Å². The summed E-state index contributed by atoms with van der Waals surface area (Å²) in [5.41, 5.74) is 6.49. The summed E-state index contributed by atoms with van der Waals surface area (Å²) in [5, 5.41) is 0. The van der Waals surface area contributed by atoms with Crippen LogP contribution in [0.2, 0.25) is 0 Å². The highest BCUT2D eigenvalue weighted by molar-refractivity contribution is 5.81. The van der Waals surface area contributed by atoms with Gasteiger partial charge in [0.2, 0.25) is 0 Å². The lowest BCUT2D eigenvalue weighted by Gasteiger charge is -2.28. The van der Waals surface area contributed by atoms with Crippen molar-refractivity contribution in [3.05, 3.63) is 71.4 Å². The van der Waals surface area contributed by atoms with E-state index in [1.165, 1.54) is 31.7 Å². The van der Waals surface area contributed by atoms with E-state index < -0.39 is 5.92 Å². The van der Waals surface area contributed by atoms with E-state index >= 15 is 0 Å². The van der Waals surface area contributed by atoms with Gasteiger partial charge in [-0.3, -0.25) is 9.78 Å². The number of pyridine rings is 1. The number of halogens is 2. The summed E-state index contributed by atoms with van der Waals surface area (Å²) < 4.78 is 33.2. The van der Waals surface area contributed by atoms with Crippen LogP contribution in [0.4, 0.5) is 8.78 Å². The van der Waals surface area contributed by atoms with Crippen molar-refractivity contribution in [2.24, 2.45) is 5.92 Å². The topological polar surface area (TPSA) is 67.9 Å². The number of alkyl halides is 2. The Morgan fingerprint density at radius 1 is 1.05 bits per heavy atom. The molecule has 0 radical (unpaired) electrons. The SMILES string of the molecule is CCc1cc(-c2ccc(C3CCC(CC(=O)OC)CC3)cc2)ncc1-c1nc2ccc(C(F)(F)CC)cc2[nH]1. The second-order valence-corrected chi connectivity index (χ2v) is 10.6. The number of nitrogens with one attached hydrogen (secondary N) is 1. The van der Waals surface area contributed by atoms with Crippen LogP contribution in [0.25, 0.3) is 33.7 Å². The molecule has 4 aromatic rings. The predicted molar refractivity (Wildman–Crippen MR) is 150 cm³/mol. The maximum Gasteiger partial charge on any atom is 0.305 e. The largest absolute Gasteiger partial charge is 0.469 e. The van der Waals surface area contributed by atoms with Gasteiger partial charge in [0, 0.05) is 35.7 Å². The van der Waals surface area contributed by atoms with Crippen LogP contribution in [-0.2, 0) is 21.9 Å². The maximum atomic E-state index is 14.2. The van der Waals surface area contributed by atoms with Gasteiger partial charge in [0.1, 0.15) is 5.82 Å². The first-order valence-electron chi connectivity index (χ1n) is 13.9. The number of hydrogen-bond donors (Lipinski definition) is 1. The molecular formula is C32H35F2N3O2. The molecule has 1 aliphatic rings. The summed E-state index contributed by atoms with van der Waals surface area (Å²) in [5.74, 6) is -1.40. The third-order valence-electron chi connectivity index (χ3n) is 8.18. The predicted octanol–water partition coefficient (Wildman–Crippen LogP) is 8.19. The summed E-state index contributed by atoms with van der Waals surface area (Å²) in [6, 6.07) is 15.4. The second-order valence-electron chi connectivity index (χ2n) is 10.6. The van der Waals surface area contributed by atoms with Crippen LogP contribution in [0.5, 0.6) is 0 Å². The minimum atomic E-state index is -2.86. The van der Waals surface area contributed by atoms with E-state index in [9.17, 15) is 13.6 Å². The molecule has 0 saturated heterocycles. The molecule has 0 bridgehead atoms. The molecule has 5 nitrogen and oxygen atoms in total. The highest BCUT2D eigenvalue weighted by Gasteiger charge is 2.29. The molecule has 2 heterocycles. The standard InChI is InChI=1S/C32H35F2N3O2/c1-4-21-17-28(24-12-10-23(11-13-24)22-8-6-20(7-9-22)16-30(38)39-3)35-19-26(21)31-36-27-15-14-25(18-29(27)37-31)32(33,34)5-2/h10-15,17-20,22H,4-9,16H2,1-3H3,(H,36,37). The lowest BCUT2D eigenvalue weighted by atomic mass is 9.77. The average Bonchev–Trinajstić information content (AvgIpc) is 3.40. The molecule has 1 N–H and O–H groups in total. The Bertz CT molecular complexity index is 1450. The number of hydrogen-bond acceptors (Lipinski definition) is 4. The molecule has 0 amide bonds. The molecule has 1 aliphatic carbocycles. The van der Waals surface area contributed by atoms with Gasteiger partial charge >= 0.3 is 5.97 Å². The first-order chi connectivity index (χ1) is 18.8. The van der Waals surface area contributed by atoms with Gasteiger partial charge in [-0.2, -0.15) is 0 Å². The molecule has 7 heteroatoms. The number of ether oxygens (including phenoxy) is 1. The number of methoxy groups -OCH3 is 1. The highest BCUT2D eigenvalue weighted by atomic mass is 19.3. The number of H-pyrrole nitrogens is 1. The fourth-order valence-electron chi connectivity index (χ4n) is 5.67. The molecule has 0 spiro atoms. The van der Waals surface area contributed by atoms with Crippen LogP contribution in [0.1, 0.15) is 75.0 Å². The molecule has 1 saturated carbocycles. The number of aromatic nitrogens is 3. The van der Waals surface area contributed by atoms with Crippen molar-refractivity contribution in [3.63, 3.8) is 0 Å². The Labute approximate surface area is 228 Å². The number of fused-ring (bicyclic) bond motifs is 1. The molecule has 2 aromatic carbocycles. The minimum Gasteiger partial charge on any atom is -0.469 e. The molecule has 0 atom stereocenters. The van der Waals surface area contributed by atoms with Gasteiger partial charge in [-0.05, 0) is 73.3 Å². The van der Waals surface area contributed by atoms with Gasteiger partial charge < -0.3 is 9.72 Å². The van der Waals surface area contributed by atoms with Crippen molar-refractivity contribution >= 4 is 17.0 Å². The van der Waals surface area contributed by atoms with E-state index in [2.05, 4.69) is 47.2 Å². The summed E-state index contributed by atoms with van der Waals surface area (Å²) in [6.45, 7) is 3.57. The molecular weight excluding hydrogens is 496 g/mol. The first-order valence-corrected chi connectivity index (χ1v) is 13.9. The van der Waals surface area contributed by atoms with Crippen LogP contribution in [0.3, 0.4) is 0 Å². The molecule has 204 valence electrons. The molecule has 39 heavy (non-hydrogen) atoms. The van der Waals surface area contributed by atoms with Gasteiger partial charge in [-0.25, -0.2) is 13.8 Å². The number of aromatic amines is 1. The van der Waals surface area contributed by atoms with Crippen molar-refractivity contribution in [1.29, 1.82) is 0 Å².